The summed E-state index contributed by atoms with van der Waals surface area (Å²) >= 11 is 0. The molecule has 0 spiro atoms. The topological polar surface area (TPSA) is 72.5 Å². The van der Waals surface area contributed by atoms with E-state index in [1.54, 1.807) is 18.0 Å². The van der Waals surface area contributed by atoms with Gasteiger partial charge in [-0.3, -0.25) is 14.5 Å². The molecule has 2 aliphatic rings. The van der Waals surface area contributed by atoms with Crippen molar-refractivity contribution in [3.63, 3.8) is 0 Å². The summed E-state index contributed by atoms with van der Waals surface area (Å²) in [5, 5.41) is 1.10. The average molecular weight is 341 g/mol. The van der Waals surface area contributed by atoms with E-state index in [2.05, 4.69) is 20.9 Å². The number of amides is 2. The van der Waals surface area contributed by atoms with Crippen LogP contribution in [-0.2, 0) is 9.59 Å². The quantitative estimate of drug-likeness (QED) is 0.871. The van der Waals surface area contributed by atoms with Crippen LogP contribution in [0.4, 0.5) is 0 Å². The molecule has 2 fully saturated rings. The third-order valence-electron chi connectivity index (χ3n) is 5.42. The van der Waals surface area contributed by atoms with Gasteiger partial charge in [-0.25, -0.2) is 4.98 Å². The maximum absolute atomic E-state index is 12.8. The summed E-state index contributed by atoms with van der Waals surface area (Å²) in [5.74, 6) is 0.493. The van der Waals surface area contributed by atoms with E-state index in [4.69, 9.17) is 0 Å². The molecule has 2 aliphatic heterocycles. The molecule has 7 nitrogen and oxygen atoms in total. The van der Waals surface area contributed by atoms with Gasteiger partial charge >= 0.3 is 0 Å². The van der Waals surface area contributed by atoms with Crippen molar-refractivity contribution < 1.29 is 9.59 Å². The lowest BCUT2D eigenvalue weighted by Gasteiger charge is -2.45. The van der Waals surface area contributed by atoms with Gasteiger partial charge in [0.25, 0.3) is 0 Å². The SMILES string of the molecule is CC(=O)N1CCN(C)C(C(=O)N2CC(c3cc4cccnc4[nH]3)C2)C1. The molecular weight excluding hydrogens is 318 g/mol. The Morgan fingerprint density at radius 1 is 1.20 bits per heavy atom. The Morgan fingerprint density at radius 2 is 2.00 bits per heavy atom. The van der Waals surface area contributed by atoms with Gasteiger partial charge in [-0.05, 0) is 25.2 Å². The summed E-state index contributed by atoms with van der Waals surface area (Å²) in [7, 11) is 1.96. The van der Waals surface area contributed by atoms with Gasteiger partial charge in [0, 0.05) is 62.8 Å². The predicted octanol–water partition coefficient (Wildman–Crippen LogP) is 0.651. The summed E-state index contributed by atoms with van der Waals surface area (Å²) in [6.07, 6.45) is 1.78. The number of hydrogen-bond donors (Lipinski definition) is 1. The third kappa shape index (κ3) is 2.89. The van der Waals surface area contributed by atoms with Crippen LogP contribution < -0.4 is 0 Å². The van der Waals surface area contributed by atoms with E-state index in [1.165, 1.54) is 0 Å². The number of nitrogens with zero attached hydrogens (tertiary/aromatic N) is 4. The average Bonchev–Trinajstić information content (AvgIpc) is 2.96. The molecule has 132 valence electrons. The molecule has 1 N–H and O–H groups in total. The van der Waals surface area contributed by atoms with E-state index >= 15 is 0 Å². The molecule has 2 saturated heterocycles. The fourth-order valence-corrected chi connectivity index (χ4v) is 3.69. The molecule has 0 radical (unpaired) electrons. The first-order valence-electron chi connectivity index (χ1n) is 8.71. The second kappa shape index (κ2) is 6.15. The Hall–Kier alpha value is -2.41. The van der Waals surface area contributed by atoms with Crippen LogP contribution in [-0.4, -0.2) is 82.3 Å². The van der Waals surface area contributed by atoms with Crippen LogP contribution in [0.2, 0.25) is 0 Å². The number of aromatic nitrogens is 2. The summed E-state index contributed by atoms with van der Waals surface area (Å²) in [5.41, 5.74) is 2.03. The predicted molar refractivity (Wildman–Crippen MR) is 94.1 cm³/mol. The van der Waals surface area contributed by atoms with Gasteiger partial charge in [0.15, 0.2) is 0 Å². The Labute approximate surface area is 146 Å². The molecule has 2 aromatic heterocycles. The molecule has 4 rings (SSSR count). The van der Waals surface area contributed by atoms with E-state index in [0.717, 1.165) is 36.4 Å². The number of nitrogens with one attached hydrogen (secondary N) is 1. The number of likely N-dealkylation sites (tertiary alicyclic amines) is 1. The van der Waals surface area contributed by atoms with Crippen LogP contribution in [0.1, 0.15) is 18.5 Å². The maximum atomic E-state index is 12.8. The lowest BCUT2D eigenvalue weighted by atomic mass is 9.95. The van der Waals surface area contributed by atoms with Gasteiger partial charge in [-0.2, -0.15) is 0 Å². The summed E-state index contributed by atoms with van der Waals surface area (Å²) < 4.78 is 0. The number of aromatic amines is 1. The standard InChI is InChI=1S/C18H23N5O2/c1-12(24)22-7-6-21(2)16(11-22)18(25)23-9-14(10-23)15-8-13-4-3-5-19-17(13)20-15/h3-5,8,14,16H,6-7,9-11H2,1-2H3,(H,19,20). The van der Waals surface area contributed by atoms with E-state index in [9.17, 15) is 9.59 Å². The van der Waals surface area contributed by atoms with Crippen LogP contribution in [0, 0.1) is 0 Å². The van der Waals surface area contributed by atoms with E-state index in [-0.39, 0.29) is 17.9 Å². The molecule has 7 heteroatoms. The van der Waals surface area contributed by atoms with Crippen molar-refractivity contribution in [3.8, 4) is 0 Å². The smallest absolute Gasteiger partial charge is 0.241 e. The van der Waals surface area contributed by atoms with Gasteiger partial charge in [0.1, 0.15) is 11.7 Å². The Morgan fingerprint density at radius 3 is 2.72 bits per heavy atom. The fraction of sp³-hybridized carbons (Fsp3) is 0.500. The number of hydrogen-bond acceptors (Lipinski definition) is 4. The Balaban J connectivity index is 1.40. The molecule has 0 bridgehead atoms. The highest BCUT2D eigenvalue weighted by Gasteiger charge is 2.39. The molecule has 25 heavy (non-hydrogen) atoms. The van der Waals surface area contributed by atoms with Crippen LogP contribution in [0.3, 0.4) is 0 Å². The van der Waals surface area contributed by atoms with Crippen molar-refractivity contribution in [1.82, 2.24) is 24.7 Å². The van der Waals surface area contributed by atoms with Crippen molar-refractivity contribution in [2.45, 2.75) is 18.9 Å². The first kappa shape index (κ1) is 16.1. The zero-order valence-electron chi connectivity index (χ0n) is 14.6. The zero-order valence-corrected chi connectivity index (χ0v) is 14.6. The molecule has 1 atom stereocenters. The number of carbonyl (C=O) groups is 2. The van der Waals surface area contributed by atoms with Crippen LogP contribution in [0.25, 0.3) is 11.0 Å². The minimum Gasteiger partial charge on any atom is -0.343 e. The number of H-pyrrole nitrogens is 1. The number of fused-ring (bicyclic) bond motifs is 1. The Bertz CT molecular complexity index is 778. The molecular formula is C18H23N5O2. The number of pyridine rings is 1. The van der Waals surface area contributed by atoms with Gasteiger partial charge < -0.3 is 14.8 Å². The number of carbonyl (C=O) groups excluding carboxylic acids is 2. The molecule has 0 aliphatic carbocycles. The van der Waals surface area contributed by atoms with Crippen molar-refractivity contribution in [2.75, 3.05) is 39.8 Å². The zero-order chi connectivity index (χ0) is 17.6. The van der Waals surface area contributed by atoms with E-state index in [1.807, 2.05) is 24.1 Å². The molecule has 0 aromatic carbocycles. The van der Waals surface area contributed by atoms with Crippen molar-refractivity contribution in [1.29, 1.82) is 0 Å². The fourth-order valence-electron chi connectivity index (χ4n) is 3.69. The van der Waals surface area contributed by atoms with Crippen molar-refractivity contribution in [2.24, 2.45) is 0 Å². The van der Waals surface area contributed by atoms with E-state index < -0.39 is 0 Å². The molecule has 4 heterocycles. The lowest BCUT2D eigenvalue weighted by molar-refractivity contribution is -0.145. The van der Waals surface area contributed by atoms with Crippen LogP contribution in [0.15, 0.2) is 24.4 Å². The highest BCUT2D eigenvalue weighted by atomic mass is 16.2. The number of rotatable bonds is 2. The van der Waals surface area contributed by atoms with Gasteiger partial charge in [-0.1, -0.05) is 0 Å². The lowest BCUT2D eigenvalue weighted by Crippen LogP contribution is -2.62. The van der Waals surface area contributed by atoms with Crippen LogP contribution in [0.5, 0.6) is 0 Å². The first-order valence-corrected chi connectivity index (χ1v) is 8.71. The largest absolute Gasteiger partial charge is 0.343 e. The van der Waals surface area contributed by atoms with Gasteiger partial charge in [0.2, 0.25) is 11.8 Å². The summed E-state index contributed by atoms with van der Waals surface area (Å²) in [6, 6.07) is 5.86. The normalized spacial score (nSPS) is 22.2. The molecule has 0 saturated carbocycles. The van der Waals surface area contributed by atoms with Crippen molar-refractivity contribution in [3.05, 3.63) is 30.1 Å². The number of piperazine rings is 1. The second-order valence-corrected chi connectivity index (χ2v) is 7.07. The monoisotopic (exact) mass is 341 g/mol. The maximum Gasteiger partial charge on any atom is 0.241 e. The Kier molecular flexibility index (Phi) is 3.95. The van der Waals surface area contributed by atoms with Gasteiger partial charge in [0.05, 0.1) is 0 Å². The van der Waals surface area contributed by atoms with Crippen molar-refractivity contribution >= 4 is 22.8 Å². The minimum absolute atomic E-state index is 0.0398. The highest BCUT2D eigenvalue weighted by molar-refractivity contribution is 5.84. The summed E-state index contributed by atoms with van der Waals surface area (Å²) in [4.78, 5) is 37.9. The van der Waals surface area contributed by atoms with E-state index in [0.29, 0.717) is 19.0 Å². The minimum atomic E-state index is -0.233. The molecule has 2 amide bonds. The highest BCUT2D eigenvalue weighted by Crippen LogP contribution is 2.29. The molecule has 1 unspecified atom stereocenters. The second-order valence-electron chi connectivity index (χ2n) is 7.07. The number of likely N-dealkylation sites (N-methyl/N-ethyl adjacent to an activating group) is 1. The molecule has 2 aromatic rings. The third-order valence-corrected chi connectivity index (χ3v) is 5.42. The van der Waals surface area contributed by atoms with Gasteiger partial charge in [-0.15, -0.1) is 0 Å². The summed E-state index contributed by atoms with van der Waals surface area (Å²) in [6.45, 7) is 4.92. The first-order chi connectivity index (χ1) is 12.0. The van der Waals surface area contributed by atoms with Crippen LogP contribution >= 0.6 is 0 Å².